The number of aliphatic hydroxyl groups is 1. The summed E-state index contributed by atoms with van der Waals surface area (Å²) in [6, 6.07) is 0. The molecule has 0 aromatic carbocycles. The fourth-order valence-corrected chi connectivity index (χ4v) is 1.47. The highest BCUT2D eigenvalue weighted by Gasteiger charge is 2.35. The number of carbonyl (C=O) groups is 2. The first-order chi connectivity index (χ1) is 8.06. The highest BCUT2D eigenvalue weighted by molar-refractivity contribution is 5.70. The van der Waals surface area contributed by atoms with Crippen molar-refractivity contribution in [3.05, 3.63) is 0 Å². The summed E-state index contributed by atoms with van der Waals surface area (Å²) in [5.41, 5.74) is 0. The van der Waals surface area contributed by atoms with Crippen LogP contribution in [0.2, 0.25) is 0 Å². The van der Waals surface area contributed by atoms with Crippen LogP contribution in [0.5, 0.6) is 0 Å². The van der Waals surface area contributed by atoms with Gasteiger partial charge in [0.25, 0.3) is 0 Å². The lowest BCUT2D eigenvalue weighted by Gasteiger charge is -2.33. The molecule has 1 aliphatic rings. The summed E-state index contributed by atoms with van der Waals surface area (Å²) in [6.07, 6.45) is -1.66. The molecule has 1 rings (SSSR count). The first kappa shape index (κ1) is 13.9. The predicted octanol–water partition coefficient (Wildman–Crippen LogP) is 0.369. The van der Waals surface area contributed by atoms with Gasteiger partial charge < -0.3 is 19.3 Å². The summed E-state index contributed by atoms with van der Waals surface area (Å²) < 4.78 is 15.2. The van der Waals surface area contributed by atoms with E-state index in [9.17, 15) is 14.7 Å². The zero-order valence-electron chi connectivity index (χ0n) is 10.0. The van der Waals surface area contributed by atoms with E-state index in [1.807, 2.05) is 0 Å². The van der Waals surface area contributed by atoms with Gasteiger partial charge in [-0.2, -0.15) is 0 Å². The largest absolute Gasteiger partial charge is 0.458 e. The van der Waals surface area contributed by atoms with Gasteiger partial charge in [-0.1, -0.05) is 13.8 Å². The molecule has 98 valence electrons. The van der Waals surface area contributed by atoms with E-state index in [1.54, 1.807) is 13.8 Å². The second-order valence-electron chi connectivity index (χ2n) is 3.79. The van der Waals surface area contributed by atoms with Crippen molar-refractivity contribution in [3.8, 4) is 0 Å². The first-order valence-electron chi connectivity index (χ1n) is 5.75. The van der Waals surface area contributed by atoms with Crippen molar-refractivity contribution >= 4 is 11.9 Å². The van der Waals surface area contributed by atoms with Crippen molar-refractivity contribution < 1.29 is 28.9 Å². The van der Waals surface area contributed by atoms with Gasteiger partial charge >= 0.3 is 11.9 Å². The lowest BCUT2D eigenvalue weighted by Crippen LogP contribution is -2.46. The Kier molecular flexibility index (Phi) is 5.37. The second kappa shape index (κ2) is 6.56. The second-order valence-corrected chi connectivity index (χ2v) is 3.79. The van der Waals surface area contributed by atoms with Crippen LogP contribution in [0.4, 0.5) is 0 Å². The smallest absolute Gasteiger partial charge is 0.305 e. The van der Waals surface area contributed by atoms with Gasteiger partial charge in [0, 0.05) is 19.3 Å². The normalized spacial score (nSPS) is 28.5. The molecule has 1 aliphatic heterocycles. The van der Waals surface area contributed by atoms with E-state index in [2.05, 4.69) is 0 Å². The molecule has 0 aromatic heterocycles. The number of hydrogen-bond acceptors (Lipinski definition) is 6. The number of aliphatic hydroxyl groups excluding tert-OH is 1. The van der Waals surface area contributed by atoms with Crippen LogP contribution < -0.4 is 0 Å². The lowest BCUT2D eigenvalue weighted by molar-refractivity contribution is -0.218. The van der Waals surface area contributed by atoms with E-state index in [4.69, 9.17) is 14.2 Å². The van der Waals surface area contributed by atoms with Crippen LogP contribution in [-0.4, -0.2) is 42.1 Å². The third kappa shape index (κ3) is 4.32. The summed E-state index contributed by atoms with van der Waals surface area (Å²) >= 11 is 0. The average molecular weight is 246 g/mol. The van der Waals surface area contributed by atoms with E-state index in [-0.39, 0.29) is 37.8 Å². The molecule has 0 amide bonds. The molecule has 1 saturated heterocycles. The van der Waals surface area contributed by atoms with E-state index in [0.29, 0.717) is 0 Å². The van der Waals surface area contributed by atoms with Crippen molar-refractivity contribution in [2.24, 2.45) is 0 Å². The van der Waals surface area contributed by atoms with Crippen LogP contribution in [0.1, 0.15) is 33.1 Å². The Balaban J connectivity index is 2.57. The van der Waals surface area contributed by atoms with Crippen LogP contribution in [0.15, 0.2) is 0 Å². The van der Waals surface area contributed by atoms with Crippen LogP contribution in [0.3, 0.4) is 0 Å². The molecule has 0 radical (unpaired) electrons. The maximum atomic E-state index is 11.2. The molecule has 0 bridgehead atoms. The Morgan fingerprint density at radius 3 is 2.24 bits per heavy atom. The third-order valence-electron chi connectivity index (χ3n) is 2.44. The predicted molar refractivity (Wildman–Crippen MR) is 56.9 cm³/mol. The summed E-state index contributed by atoms with van der Waals surface area (Å²) in [7, 11) is 0. The van der Waals surface area contributed by atoms with Crippen molar-refractivity contribution in [1.29, 1.82) is 0 Å². The first-order valence-corrected chi connectivity index (χ1v) is 5.75. The molecule has 3 atom stereocenters. The third-order valence-corrected chi connectivity index (χ3v) is 2.44. The highest BCUT2D eigenvalue weighted by Crippen LogP contribution is 2.19. The Morgan fingerprint density at radius 1 is 1.18 bits per heavy atom. The molecule has 1 fully saturated rings. The zero-order valence-corrected chi connectivity index (χ0v) is 10.0. The van der Waals surface area contributed by atoms with Crippen molar-refractivity contribution in [2.75, 3.05) is 6.61 Å². The minimum absolute atomic E-state index is 0.0363. The maximum Gasteiger partial charge on any atom is 0.305 e. The monoisotopic (exact) mass is 246 g/mol. The molecule has 0 saturated carbocycles. The number of carbonyl (C=O) groups excluding carboxylic acids is 2. The Hall–Kier alpha value is -1.14. The van der Waals surface area contributed by atoms with E-state index < -0.39 is 18.5 Å². The zero-order chi connectivity index (χ0) is 12.8. The molecule has 0 aliphatic carbocycles. The molecular formula is C11H18O6. The van der Waals surface area contributed by atoms with E-state index >= 15 is 0 Å². The summed E-state index contributed by atoms with van der Waals surface area (Å²) in [6.45, 7) is 3.38. The molecule has 0 aromatic rings. The summed E-state index contributed by atoms with van der Waals surface area (Å²) in [5.74, 6) is -0.769. The molecular weight excluding hydrogens is 228 g/mol. The Labute approximate surface area is 99.8 Å². The molecule has 1 N–H and O–H groups in total. The Morgan fingerprint density at radius 2 is 1.71 bits per heavy atom. The minimum Gasteiger partial charge on any atom is -0.458 e. The van der Waals surface area contributed by atoms with Gasteiger partial charge in [-0.25, -0.2) is 0 Å². The topological polar surface area (TPSA) is 82.1 Å². The summed E-state index contributed by atoms with van der Waals surface area (Å²) in [5, 5.41) is 9.32. The van der Waals surface area contributed by atoms with Crippen LogP contribution in [-0.2, 0) is 23.8 Å². The number of rotatable bonds is 4. The fraction of sp³-hybridized carbons (Fsp3) is 0.818. The molecule has 17 heavy (non-hydrogen) atoms. The highest BCUT2D eigenvalue weighted by atomic mass is 16.6. The molecule has 0 spiro atoms. The SMILES string of the molecule is CCC(=O)O[C@@H]1COC(O)C[C@H]1OC(=O)CC. The molecule has 6 nitrogen and oxygen atoms in total. The van der Waals surface area contributed by atoms with Gasteiger partial charge in [-0.3, -0.25) is 9.59 Å². The summed E-state index contributed by atoms with van der Waals surface area (Å²) in [4.78, 5) is 22.4. The van der Waals surface area contributed by atoms with Gasteiger partial charge in [0.05, 0.1) is 6.61 Å². The van der Waals surface area contributed by atoms with Gasteiger partial charge in [-0.15, -0.1) is 0 Å². The van der Waals surface area contributed by atoms with Crippen LogP contribution >= 0.6 is 0 Å². The fourth-order valence-electron chi connectivity index (χ4n) is 1.47. The molecule has 1 heterocycles. The Bertz CT molecular complexity index is 277. The average Bonchev–Trinajstić information content (AvgIpc) is 2.32. The van der Waals surface area contributed by atoms with Crippen molar-refractivity contribution in [3.63, 3.8) is 0 Å². The van der Waals surface area contributed by atoms with Crippen molar-refractivity contribution in [2.45, 2.75) is 51.6 Å². The van der Waals surface area contributed by atoms with E-state index in [0.717, 1.165) is 0 Å². The van der Waals surface area contributed by atoms with Crippen LogP contribution in [0.25, 0.3) is 0 Å². The van der Waals surface area contributed by atoms with E-state index in [1.165, 1.54) is 0 Å². The van der Waals surface area contributed by atoms with Crippen LogP contribution in [0, 0.1) is 0 Å². The van der Waals surface area contributed by atoms with Gasteiger partial charge in [0.15, 0.2) is 12.4 Å². The molecule has 6 heteroatoms. The van der Waals surface area contributed by atoms with Gasteiger partial charge in [-0.05, 0) is 0 Å². The maximum absolute atomic E-state index is 11.2. The van der Waals surface area contributed by atoms with Gasteiger partial charge in [0.1, 0.15) is 6.10 Å². The lowest BCUT2D eigenvalue weighted by atomic mass is 10.1. The number of ether oxygens (including phenoxy) is 3. The standard InChI is InChI=1S/C11H18O6/c1-3-9(12)16-7-5-11(14)15-6-8(7)17-10(13)4-2/h7-8,11,14H,3-6H2,1-2H3/t7-,8-,11?/m1/s1. The van der Waals surface area contributed by atoms with Gasteiger partial charge in [0.2, 0.25) is 0 Å². The number of hydrogen-bond donors (Lipinski definition) is 1. The molecule has 1 unspecified atom stereocenters. The minimum atomic E-state index is -0.985. The quantitative estimate of drug-likeness (QED) is 0.722. The van der Waals surface area contributed by atoms with Crippen molar-refractivity contribution in [1.82, 2.24) is 0 Å². The number of esters is 2.